The molecule has 0 amide bonds. The predicted octanol–water partition coefficient (Wildman–Crippen LogP) is 2.67. The van der Waals surface area contributed by atoms with Gasteiger partial charge in [0.05, 0.1) is 13.7 Å². The molecule has 0 heterocycles. The summed E-state index contributed by atoms with van der Waals surface area (Å²) in [7, 11) is 1.62. The molecule has 0 bridgehead atoms. The minimum Gasteiger partial charge on any atom is -0.497 e. The summed E-state index contributed by atoms with van der Waals surface area (Å²) in [5, 5.41) is 9.86. The lowest BCUT2D eigenvalue weighted by molar-refractivity contribution is -0.112. The van der Waals surface area contributed by atoms with E-state index in [1.807, 2.05) is 24.3 Å². The first kappa shape index (κ1) is 12.1. The number of aliphatic hydroxyl groups is 1. The van der Waals surface area contributed by atoms with E-state index in [9.17, 15) is 5.11 Å². The highest BCUT2D eigenvalue weighted by Gasteiger charge is 2.14. The fourth-order valence-corrected chi connectivity index (χ4v) is 1.90. The third-order valence-corrected chi connectivity index (χ3v) is 3.00. The van der Waals surface area contributed by atoms with E-state index in [4.69, 9.17) is 9.47 Å². The van der Waals surface area contributed by atoms with E-state index in [1.54, 1.807) is 7.11 Å². The summed E-state index contributed by atoms with van der Waals surface area (Å²) in [4.78, 5) is 0. The molecule has 0 spiro atoms. The van der Waals surface area contributed by atoms with Crippen molar-refractivity contribution < 1.29 is 14.6 Å². The third-order valence-electron chi connectivity index (χ3n) is 3.00. The van der Waals surface area contributed by atoms with Crippen molar-refractivity contribution in [3.8, 4) is 5.75 Å². The molecule has 0 aliphatic heterocycles. The topological polar surface area (TPSA) is 38.7 Å². The number of rotatable bonds is 5. The standard InChI is InChI=1S/C14H18O3/c1-16-13-8-6-12(7-9-13)14(15)17-10-11-4-2-3-5-11/h2-3,6-9,11,14-15H,4-5,10H2,1H3. The third kappa shape index (κ3) is 3.32. The molecule has 17 heavy (non-hydrogen) atoms. The van der Waals surface area contributed by atoms with Crippen molar-refractivity contribution in [2.75, 3.05) is 13.7 Å². The van der Waals surface area contributed by atoms with Crippen LogP contribution in [0.2, 0.25) is 0 Å². The van der Waals surface area contributed by atoms with Crippen LogP contribution in [0, 0.1) is 5.92 Å². The summed E-state index contributed by atoms with van der Waals surface area (Å²) in [6.07, 6.45) is 5.58. The Hall–Kier alpha value is -1.32. The molecule has 1 aliphatic carbocycles. The smallest absolute Gasteiger partial charge is 0.181 e. The van der Waals surface area contributed by atoms with Crippen LogP contribution in [-0.2, 0) is 4.74 Å². The Morgan fingerprint density at radius 1 is 1.24 bits per heavy atom. The van der Waals surface area contributed by atoms with E-state index in [0.29, 0.717) is 12.5 Å². The van der Waals surface area contributed by atoms with Crippen molar-refractivity contribution in [2.45, 2.75) is 19.1 Å². The van der Waals surface area contributed by atoms with Crippen molar-refractivity contribution in [3.63, 3.8) is 0 Å². The van der Waals surface area contributed by atoms with Crippen LogP contribution in [0.3, 0.4) is 0 Å². The molecular formula is C14H18O3. The van der Waals surface area contributed by atoms with Gasteiger partial charge >= 0.3 is 0 Å². The second kappa shape index (κ2) is 5.84. The lowest BCUT2D eigenvalue weighted by Gasteiger charge is -2.15. The van der Waals surface area contributed by atoms with Crippen molar-refractivity contribution >= 4 is 0 Å². The van der Waals surface area contributed by atoms with Crippen LogP contribution in [0.1, 0.15) is 24.7 Å². The molecule has 1 N–H and O–H groups in total. The molecule has 0 radical (unpaired) electrons. The molecule has 1 aromatic rings. The average Bonchev–Trinajstić information content (AvgIpc) is 2.89. The fourth-order valence-electron chi connectivity index (χ4n) is 1.90. The SMILES string of the molecule is COc1ccc(C(O)OCC2CC=CC2)cc1. The van der Waals surface area contributed by atoms with Crippen LogP contribution in [-0.4, -0.2) is 18.8 Å². The monoisotopic (exact) mass is 234 g/mol. The van der Waals surface area contributed by atoms with Crippen molar-refractivity contribution in [1.29, 1.82) is 0 Å². The first-order chi connectivity index (χ1) is 8.29. The van der Waals surface area contributed by atoms with Gasteiger partial charge in [-0.2, -0.15) is 0 Å². The Balaban J connectivity index is 1.83. The van der Waals surface area contributed by atoms with Crippen LogP contribution in [0.25, 0.3) is 0 Å². The summed E-state index contributed by atoms with van der Waals surface area (Å²) in [6.45, 7) is 0.597. The molecule has 1 atom stereocenters. The average molecular weight is 234 g/mol. The number of ether oxygens (including phenoxy) is 2. The molecule has 3 nitrogen and oxygen atoms in total. The first-order valence-corrected chi connectivity index (χ1v) is 5.88. The fraction of sp³-hybridized carbons (Fsp3) is 0.429. The van der Waals surface area contributed by atoms with Crippen LogP contribution in [0.4, 0.5) is 0 Å². The minimum absolute atomic E-state index is 0.517. The Morgan fingerprint density at radius 3 is 2.47 bits per heavy atom. The summed E-state index contributed by atoms with van der Waals surface area (Å²) in [6, 6.07) is 7.27. The molecule has 0 saturated heterocycles. The van der Waals surface area contributed by atoms with E-state index in [2.05, 4.69) is 12.2 Å². The minimum atomic E-state index is -0.846. The van der Waals surface area contributed by atoms with Gasteiger partial charge in [0.15, 0.2) is 6.29 Å². The van der Waals surface area contributed by atoms with Gasteiger partial charge in [0, 0.05) is 5.56 Å². The number of benzene rings is 1. The van der Waals surface area contributed by atoms with Crippen LogP contribution in [0.15, 0.2) is 36.4 Å². The molecule has 0 aromatic heterocycles. The highest BCUT2D eigenvalue weighted by molar-refractivity contribution is 5.27. The Kier molecular flexibility index (Phi) is 4.18. The van der Waals surface area contributed by atoms with Crippen molar-refractivity contribution in [3.05, 3.63) is 42.0 Å². The summed E-state index contributed by atoms with van der Waals surface area (Å²) in [5.74, 6) is 1.30. The quantitative estimate of drug-likeness (QED) is 0.629. The van der Waals surface area contributed by atoms with Gasteiger partial charge in [-0.15, -0.1) is 0 Å². The molecule has 1 unspecified atom stereocenters. The van der Waals surface area contributed by atoms with Gasteiger partial charge in [0.25, 0.3) is 0 Å². The number of allylic oxidation sites excluding steroid dienone is 2. The van der Waals surface area contributed by atoms with Gasteiger partial charge in [0.1, 0.15) is 5.75 Å². The largest absolute Gasteiger partial charge is 0.497 e. The van der Waals surface area contributed by atoms with Crippen LogP contribution < -0.4 is 4.74 Å². The molecule has 1 aliphatic rings. The first-order valence-electron chi connectivity index (χ1n) is 5.88. The summed E-state index contributed by atoms with van der Waals surface area (Å²) >= 11 is 0. The molecule has 1 aromatic carbocycles. The Labute approximate surface area is 102 Å². The zero-order valence-electron chi connectivity index (χ0n) is 10.0. The van der Waals surface area contributed by atoms with E-state index in [0.717, 1.165) is 24.2 Å². The molecule has 92 valence electrons. The zero-order valence-corrected chi connectivity index (χ0v) is 10.0. The van der Waals surface area contributed by atoms with Crippen molar-refractivity contribution in [2.24, 2.45) is 5.92 Å². The van der Waals surface area contributed by atoms with Gasteiger partial charge in [0.2, 0.25) is 0 Å². The number of aliphatic hydroxyl groups excluding tert-OH is 1. The molecule has 0 saturated carbocycles. The van der Waals surface area contributed by atoms with E-state index < -0.39 is 6.29 Å². The maximum Gasteiger partial charge on any atom is 0.181 e. The second-order valence-corrected chi connectivity index (χ2v) is 4.27. The number of methoxy groups -OCH3 is 1. The highest BCUT2D eigenvalue weighted by Crippen LogP contribution is 2.22. The Morgan fingerprint density at radius 2 is 1.88 bits per heavy atom. The maximum atomic E-state index is 9.86. The zero-order chi connectivity index (χ0) is 12.1. The highest BCUT2D eigenvalue weighted by atomic mass is 16.6. The second-order valence-electron chi connectivity index (χ2n) is 4.27. The van der Waals surface area contributed by atoms with E-state index in [-0.39, 0.29) is 0 Å². The predicted molar refractivity (Wildman–Crippen MR) is 65.8 cm³/mol. The molecule has 3 heteroatoms. The van der Waals surface area contributed by atoms with Gasteiger partial charge < -0.3 is 14.6 Å². The normalized spacial score (nSPS) is 17.3. The maximum absolute atomic E-state index is 9.86. The van der Waals surface area contributed by atoms with Crippen molar-refractivity contribution in [1.82, 2.24) is 0 Å². The summed E-state index contributed by atoms with van der Waals surface area (Å²) < 4.78 is 10.5. The molecule has 2 rings (SSSR count). The Bertz CT molecular complexity index is 362. The lowest BCUT2D eigenvalue weighted by atomic mass is 10.1. The van der Waals surface area contributed by atoms with Crippen LogP contribution >= 0.6 is 0 Å². The van der Waals surface area contributed by atoms with E-state index >= 15 is 0 Å². The number of hydrogen-bond acceptors (Lipinski definition) is 3. The van der Waals surface area contributed by atoms with Gasteiger partial charge in [-0.05, 0) is 30.9 Å². The number of hydrogen-bond donors (Lipinski definition) is 1. The lowest BCUT2D eigenvalue weighted by Crippen LogP contribution is -2.10. The van der Waals surface area contributed by atoms with Gasteiger partial charge in [-0.3, -0.25) is 0 Å². The van der Waals surface area contributed by atoms with Gasteiger partial charge in [-0.1, -0.05) is 24.3 Å². The van der Waals surface area contributed by atoms with Gasteiger partial charge in [-0.25, -0.2) is 0 Å². The van der Waals surface area contributed by atoms with E-state index in [1.165, 1.54) is 0 Å². The molecular weight excluding hydrogens is 216 g/mol. The molecule has 0 fully saturated rings. The van der Waals surface area contributed by atoms with Crippen LogP contribution in [0.5, 0.6) is 5.75 Å². The summed E-state index contributed by atoms with van der Waals surface area (Å²) in [5.41, 5.74) is 0.761.